The lowest BCUT2D eigenvalue weighted by molar-refractivity contribution is 0.0696. The van der Waals surface area contributed by atoms with Crippen molar-refractivity contribution in [1.29, 1.82) is 0 Å². The number of carboxylic acid groups (broad SMARTS) is 2. The van der Waals surface area contributed by atoms with Gasteiger partial charge < -0.3 is 20.1 Å². The van der Waals surface area contributed by atoms with Crippen LogP contribution in [0.25, 0.3) is 0 Å². The summed E-state index contributed by atoms with van der Waals surface area (Å²) < 4.78 is 5.31. The highest BCUT2D eigenvalue weighted by Crippen LogP contribution is 2.31. The van der Waals surface area contributed by atoms with E-state index in [0.29, 0.717) is 0 Å². The van der Waals surface area contributed by atoms with Crippen molar-refractivity contribution in [2.75, 3.05) is 0 Å². The van der Waals surface area contributed by atoms with Crippen molar-refractivity contribution in [1.82, 2.24) is 0 Å². The smallest absolute Gasteiger partial charge is 0.335 e. The summed E-state index contributed by atoms with van der Waals surface area (Å²) in [4.78, 5) is 21.9. The fourth-order valence-corrected chi connectivity index (χ4v) is 1.58. The number of ether oxygens (including phenoxy) is 1. The van der Waals surface area contributed by atoms with Gasteiger partial charge in [0.15, 0.2) is 11.5 Å². The molecule has 6 heteroatoms. The van der Waals surface area contributed by atoms with Crippen LogP contribution in [0.15, 0.2) is 42.5 Å². The summed E-state index contributed by atoms with van der Waals surface area (Å²) in [6.45, 7) is 0. The van der Waals surface area contributed by atoms with Crippen molar-refractivity contribution in [2.24, 2.45) is 0 Å². The zero-order valence-corrected chi connectivity index (χ0v) is 10.1. The highest BCUT2D eigenvalue weighted by molar-refractivity contribution is 5.94. The number of para-hydroxylation sites is 2. The molecule has 102 valence electrons. The predicted molar refractivity (Wildman–Crippen MR) is 68.5 cm³/mol. The molecule has 0 heterocycles. The minimum atomic E-state index is -1.27. The van der Waals surface area contributed by atoms with E-state index >= 15 is 0 Å². The molecule has 0 atom stereocenters. The predicted octanol–water partition coefficient (Wildman–Crippen LogP) is 2.58. The van der Waals surface area contributed by atoms with Crippen molar-refractivity contribution in [3.05, 3.63) is 53.6 Å². The highest BCUT2D eigenvalue weighted by atomic mass is 16.5. The molecule has 20 heavy (non-hydrogen) atoms. The number of carboxylic acids is 2. The fourth-order valence-electron chi connectivity index (χ4n) is 1.58. The molecular formula is C14H10O6. The monoisotopic (exact) mass is 274 g/mol. The second-order valence-corrected chi connectivity index (χ2v) is 3.93. The number of hydrogen-bond acceptors (Lipinski definition) is 4. The number of rotatable bonds is 4. The van der Waals surface area contributed by atoms with Gasteiger partial charge in [-0.3, -0.25) is 0 Å². The molecule has 2 aromatic rings. The molecule has 0 fully saturated rings. The topological polar surface area (TPSA) is 104 Å². The molecule has 0 bridgehead atoms. The van der Waals surface area contributed by atoms with Gasteiger partial charge >= 0.3 is 11.9 Å². The molecule has 0 aliphatic heterocycles. The highest BCUT2D eigenvalue weighted by Gasteiger charge is 2.13. The van der Waals surface area contributed by atoms with Gasteiger partial charge in [0, 0.05) is 0 Å². The molecule has 0 radical (unpaired) electrons. The number of aromatic carboxylic acids is 2. The quantitative estimate of drug-likeness (QED) is 0.791. The number of aromatic hydroxyl groups is 1. The first-order valence-electron chi connectivity index (χ1n) is 5.55. The Labute approximate surface area is 113 Å². The Kier molecular flexibility index (Phi) is 3.56. The van der Waals surface area contributed by atoms with Crippen molar-refractivity contribution in [3.63, 3.8) is 0 Å². The largest absolute Gasteiger partial charge is 0.504 e. The molecule has 0 amide bonds. The van der Waals surface area contributed by atoms with Crippen LogP contribution in [0, 0.1) is 0 Å². The molecule has 0 saturated carbocycles. The van der Waals surface area contributed by atoms with E-state index in [4.69, 9.17) is 14.9 Å². The van der Waals surface area contributed by atoms with Gasteiger partial charge in [-0.15, -0.1) is 0 Å². The molecular weight excluding hydrogens is 264 g/mol. The van der Waals surface area contributed by atoms with E-state index < -0.39 is 11.9 Å². The maximum Gasteiger partial charge on any atom is 0.335 e. The normalized spacial score (nSPS) is 10.0. The third-order valence-corrected chi connectivity index (χ3v) is 2.49. The summed E-state index contributed by atoms with van der Waals surface area (Å²) in [5.41, 5.74) is -0.425. The average Bonchev–Trinajstić information content (AvgIpc) is 2.41. The summed E-state index contributed by atoms with van der Waals surface area (Å²) in [5.74, 6) is -2.55. The van der Waals surface area contributed by atoms with E-state index in [9.17, 15) is 14.7 Å². The van der Waals surface area contributed by atoms with Gasteiger partial charge in [-0.05, 0) is 30.3 Å². The zero-order chi connectivity index (χ0) is 14.7. The summed E-state index contributed by atoms with van der Waals surface area (Å²) in [6, 6.07) is 9.48. The minimum Gasteiger partial charge on any atom is -0.504 e. The van der Waals surface area contributed by atoms with Gasteiger partial charge in [0.25, 0.3) is 0 Å². The Morgan fingerprint density at radius 1 is 0.900 bits per heavy atom. The Morgan fingerprint density at radius 2 is 1.45 bits per heavy atom. The van der Waals surface area contributed by atoms with Crippen molar-refractivity contribution in [3.8, 4) is 17.2 Å². The van der Waals surface area contributed by atoms with E-state index in [1.165, 1.54) is 24.3 Å². The van der Waals surface area contributed by atoms with E-state index in [-0.39, 0.29) is 28.4 Å². The number of phenols is 1. The van der Waals surface area contributed by atoms with E-state index in [0.717, 1.165) is 6.07 Å². The van der Waals surface area contributed by atoms with Crippen LogP contribution in [0.3, 0.4) is 0 Å². The van der Waals surface area contributed by atoms with Crippen LogP contribution in [-0.2, 0) is 0 Å². The Balaban J connectivity index is 2.43. The molecule has 0 spiro atoms. The van der Waals surface area contributed by atoms with Gasteiger partial charge in [-0.25, -0.2) is 9.59 Å². The molecule has 2 rings (SSSR count). The summed E-state index contributed by atoms with van der Waals surface area (Å²) in [7, 11) is 0. The number of hydrogen-bond donors (Lipinski definition) is 3. The lowest BCUT2D eigenvalue weighted by Crippen LogP contribution is -2.03. The van der Waals surface area contributed by atoms with Crippen LogP contribution in [-0.4, -0.2) is 27.3 Å². The number of carbonyl (C=O) groups is 2. The van der Waals surface area contributed by atoms with Crippen LogP contribution in [0.2, 0.25) is 0 Å². The first-order valence-corrected chi connectivity index (χ1v) is 5.55. The molecule has 0 saturated heterocycles. The minimum absolute atomic E-state index is 0.0174. The summed E-state index contributed by atoms with van der Waals surface area (Å²) in [6.07, 6.45) is 0. The Bertz CT molecular complexity index is 645. The van der Waals surface area contributed by atoms with E-state index in [1.54, 1.807) is 12.1 Å². The van der Waals surface area contributed by atoms with Gasteiger partial charge in [-0.1, -0.05) is 12.1 Å². The molecule has 0 aliphatic carbocycles. The van der Waals surface area contributed by atoms with Crippen LogP contribution in [0.1, 0.15) is 20.7 Å². The van der Waals surface area contributed by atoms with Crippen LogP contribution in [0.5, 0.6) is 17.2 Å². The zero-order valence-electron chi connectivity index (χ0n) is 10.1. The van der Waals surface area contributed by atoms with Crippen molar-refractivity contribution in [2.45, 2.75) is 0 Å². The van der Waals surface area contributed by atoms with E-state index in [1.807, 2.05) is 0 Å². The Morgan fingerprint density at radius 3 is 1.95 bits per heavy atom. The van der Waals surface area contributed by atoms with E-state index in [2.05, 4.69) is 0 Å². The maximum atomic E-state index is 10.9. The van der Waals surface area contributed by atoms with Crippen molar-refractivity contribution >= 4 is 11.9 Å². The molecule has 2 aromatic carbocycles. The van der Waals surface area contributed by atoms with Crippen LogP contribution < -0.4 is 4.74 Å². The molecule has 6 nitrogen and oxygen atoms in total. The van der Waals surface area contributed by atoms with Gasteiger partial charge in [0.05, 0.1) is 11.1 Å². The van der Waals surface area contributed by atoms with Crippen molar-refractivity contribution < 1.29 is 29.6 Å². The number of benzene rings is 2. The maximum absolute atomic E-state index is 10.9. The number of phenolic OH excluding ortho intramolecular Hbond substituents is 1. The Hall–Kier alpha value is -3.02. The first kappa shape index (κ1) is 13.4. The van der Waals surface area contributed by atoms with Crippen LogP contribution >= 0.6 is 0 Å². The van der Waals surface area contributed by atoms with Gasteiger partial charge in [0.2, 0.25) is 0 Å². The molecule has 0 unspecified atom stereocenters. The lowest BCUT2D eigenvalue weighted by atomic mass is 10.1. The van der Waals surface area contributed by atoms with Crippen LogP contribution in [0.4, 0.5) is 0 Å². The standard InChI is InChI=1S/C14H10O6/c15-11-3-1-2-4-12(11)20-10-6-8(13(16)17)5-9(7-10)14(18)19/h1-7,15H,(H,16,17)(H,18,19). The second-order valence-electron chi connectivity index (χ2n) is 3.93. The third kappa shape index (κ3) is 2.86. The fraction of sp³-hybridized carbons (Fsp3) is 0. The van der Waals surface area contributed by atoms with Gasteiger partial charge in [0.1, 0.15) is 5.75 Å². The SMILES string of the molecule is O=C(O)c1cc(Oc2ccccc2O)cc(C(=O)O)c1. The van der Waals surface area contributed by atoms with Gasteiger partial charge in [-0.2, -0.15) is 0 Å². The molecule has 3 N–H and O–H groups in total. The molecule has 0 aliphatic rings. The summed E-state index contributed by atoms with van der Waals surface area (Å²) in [5, 5.41) is 27.4. The summed E-state index contributed by atoms with van der Waals surface area (Å²) >= 11 is 0. The average molecular weight is 274 g/mol. The lowest BCUT2D eigenvalue weighted by Gasteiger charge is -2.09. The second kappa shape index (κ2) is 5.31. The third-order valence-electron chi connectivity index (χ3n) is 2.49. The molecule has 0 aromatic heterocycles. The first-order chi connectivity index (χ1) is 9.47.